The zero-order valence-electron chi connectivity index (χ0n) is 9.67. The van der Waals surface area contributed by atoms with E-state index in [9.17, 15) is 4.79 Å². The van der Waals surface area contributed by atoms with Gasteiger partial charge in [0.1, 0.15) is 0 Å². The minimum Gasteiger partial charge on any atom is -0.381 e. The van der Waals surface area contributed by atoms with E-state index in [0.717, 1.165) is 26.2 Å². The van der Waals surface area contributed by atoms with E-state index in [1.807, 2.05) is 32.7 Å². The van der Waals surface area contributed by atoms with Gasteiger partial charge in [0.05, 0.1) is 6.61 Å². The zero-order chi connectivity index (χ0) is 10.8. The number of amides is 1. The van der Waals surface area contributed by atoms with E-state index < -0.39 is 0 Å². The Morgan fingerprint density at radius 3 is 2.57 bits per heavy atom. The molecule has 3 nitrogen and oxygen atoms in total. The number of hydrogen-bond acceptors (Lipinski definition) is 2. The number of ether oxygens (including phenoxy) is 1. The molecule has 1 heterocycles. The molecule has 0 radical (unpaired) electrons. The molecule has 1 fully saturated rings. The Morgan fingerprint density at radius 1 is 1.50 bits per heavy atom. The predicted molar refractivity (Wildman–Crippen MR) is 56.0 cm³/mol. The molecule has 0 aromatic heterocycles. The molecular formula is C11H21NO2. The first-order valence-corrected chi connectivity index (χ1v) is 5.24. The van der Waals surface area contributed by atoms with Crippen molar-refractivity contribution in [2.75, 3.05) is 26.8 Å². The molecule has 14 heavy (non-hydrogen) atoms. The first-order valence-electron chi connectivity index (χ1n) is 5.24. The van der Waals surface area contributed by atoms with E-state index in [4.69, 9.17) is 4.74 Å². The first kappa shape index (κ1) is 11.5. The topological polar surface area (TPSA) is 29.5 Å². The van der Waals surface area contributed by atoms with Crippen molar-refractivity contribution in [2.45, 2.75) is 27.2 Å². The highest BCUT2D eigenvalue weighted by atomic mass is 16.5. The van der Waals surface area contributed by atoms with E-state index in [1.165, 1.54) is 0 Å². The fourth-order valence-corrected chi connectivity index (χ4v) is 1.77. The largest absolute Gasteiger partial charge is 0.381 e. The Morgan fingerprint density at radius 2 is 2.14 bits per heavy atom. The number of carbonyl (C=O) groups excluding carboxylic acids is 1. The summed E-state index contributed by atoms with van der Waals surface area (Å²) in [5.41, 5.74) is -0.270. The molecule has 1 aliphatic heterocycles. The number of hydrogen-bond donors (Lipinski definition) is 0. The maximum atomic E-state index is 11.8. The Balaban J connectivity index is 2.41. The molecular weight excluding hydrogens is 178 g/mol. The average Bonchev–Trinajstić information content (AvgIpc) is 2.53. The second kappa shape index (κ2) is 4.30. The van der Waals surface area contributed by atoms with Crippen LogP contribution in [0.2, 0.25) is 0 Å². The van der Waals surface area contributed by atoms with Gasteiger partial charge < -0.3 is 9.64 Å². The van der Waals surface area contributed by atoms with Crippen molar-refractivity contribution in [3.8, 4) is 0 Å². The van der Waals surface area contributed by atoms with Gasteiger partial charge in [-0.1, -0.05) is 20.8 Å². The highest BCUT2D eigenvalue weighted by Crippen LogP contribution is 2.19. The second-order valence-electron chi connectivity index (χ2n) is 5.17. The molecule has 0 bridgehead atoms. The molecule has 1 amide bonds. The van der Waals surface area contributed by atoms with E-state index in [1.54, 1.807) is 0 Å². The van der Waals surface area contributed by atoms with Crippen LogP contribution in [0.25, 0.3) is 0 Å². The summed E-state index contributed by atoms with van der Waals surface area (Å²) >= 11 is 0. The lowest BCUT2D eigenvalue weighted by atomic mass is 9.94. The van der Waals surface area contributed by atoms with Crippen LogP contribution in [0.5, 0.6) is 0 Å². The van der Waals surface area contributed by atoms with Crippen molar-refractivity contribution in [3.05, 3.63) is 0 Å². The SMILES string of the molecule is CN(C[C@@H]1CCOC1)C(=O)C(C)(C)C. The Labute approximate surface area is 86.4 Å². The van der Waals surface area contributed by atoms with Crippen LogP contribution in [0.4, 0.5) is 0 Å². The van der Waals surface area contributed by atoms with Gasteiger partial charge in [0.25, 0.3) is 0 Å². The summed E-state index contributed by atoms with van der Waals surface area (Å²) in [7, 11) is 1.88. The smallest absolute Gasteiger partial charge is 0.227 e. The summed E-state index contributed by atoms with van der Waals surface area (Å²) < 4.78 is 5.29. The van der Waals surface area contributed by atoms with Crippen LogP contribution >= 0.6 is 0 Å². The van der Waals surface area contributed by atoms with Crippen LogP contribution in [0.15, 0.2) is 0 Å². The van der Waals surface area contributed by atoms with Crippen molar-refractivity contribution in [1.29, 1.82) is 0 Å². The van der Waals surface area contributed by atoms with Crippen LogP contribution in [-0.4, -0.2) is 37.6 Å². The maximum Gasteiger partial charge on any atom is 0.227 e. The average molecular weight is 199 g/mol. The molecule has 1 rings (SSSR count). The van der Waals surface area contributed by atoms with Gasteiger partial charge in [-0.15, -0.1) is 0 Å². The molecule has 0 aromatic rings. The third-order valence-corrected chi connectivity index (χ3v) is 2.54. The highest BCUT2D eigenvalue weighted by Gasteiger charge is 2.27. The zero-order valence-corrected chi connectivity index (χ0v) is 9.67. The van der Waals surface area contributed by atoms with Gasteiger partial charge in [0.15, 0.2) is 0 Å². The standard InChI is InChI=1S/C11H21NO2/c1-11(2,3)10(13)12(4)7-9-5-6-14-8-9/h9H,5-8H2,1-4H3/t9-/m0/s1. The molecule has 0 unspecified atom stereocenters. The number of rotatable bonds is 2. The second-order valence-corrected chi connectivity index (χ2v) is 5.17. The molecule has 1 aliphatic rings. The lowest BCUT2D eigenvalue weighted by Gasteiger charge is -2.27. The number of carbonyl (C=O) groups is 1. The van der Waals surface area contributed by atoms with Crippen molar-refractivity contribution < 1.29 is 9.53 Å². The monoisotopic (exact) mass is 199 g/mol. The third kappa shape index (κ3) is 2.98. The molecule has 82 valence electrons. The molecule has 0 aromatic carbocycles. The third-order valence-electron chi connectivity index (χ3n) is 2.54. The summed E-state index contributed by atoms with van der Waals surface area (Å²) in [6, 6.07) is 0. The molecule has 0 N–H and O–H groups in total. The van der Waals surface area contributed by atoms with Crippen LogP contribution < -0.4 is 0 Å². The molecule has 1 atom stereocenters. The van der Waals surface area contributed by atoms with Gasteiger partial charge in [0.2, 0.25) is 5.91 Å². The van der Waals surface area contributed by atoms with Crippen LogP contribution in [0.3, 0.4) is 0 Å². The van der Waals surface area contributed by atoms with E-state index in [2.05, 4.69) is 0 Å². The fourth-order valence-electron chi connectivity index (χ4n) is 1.77. The maximum absolute atomic E-state index is 11.8. The Hall–Kier alpha value is -0.570. The van der Waals surface area contributed by atoms with Gasteiger partial charge in [-0.05, 0) is 6.42 Å². The molecule has 3 heteroatoms. The molecule has 0 saturated carbocycles. The van der Waals surface area contributed by atoms with Gasteiger partial charge in [-0.2, -0.15) is 0 Å². The van der Waals surface area contributed by atoms with Crippen LogP contribution in [-0.2, 0) is 9.53 Å². The molecule has 0 spiro atoms. The summed E-state index contributed by atoms with van der Waals surface area (Å²) in [6.45, 7) is 8.35. The van der Waals surface area contributed by atoms with Gasteiger partial charge in [-0.25, -0.2) is 0 Å². The Bertz CT molecular complexity index is 202. The van der Waals surface area contributed by atoms with E-state index >= 15 is 0 Å². The lowest BCUT2D eigenvalue weighted by molar-refractivity contribution is -0.138. The van der Waals surface area contributed by atoms with Crippen molar-refractivity contribution in [1.82, 2.24) is 4.90 Å². The number of nitrogens with zero attached hydrogens (tertiary/aromatic N) is 1. The minimum atomic E-state index is -0.270. The first-order chi connectivity index (χ1) is 6.41. The van der Waals surface area contributed by atoms with Crippen LogP contribution in [0, 0.1) is 11.3 Å². The van der Waals surface area contributed by atoms with E-state index in [0.29, 0.717) is 5.92 Å². The minimum absolute atomic E-state index is 0.212. The van der Waals surface area contributed by atoms with Crippen molar-refractivity contribution in [3.63, 3.8) is 0 Å². The summed E-state index contributed by atoms with van der Waals surface area (Å²) in [5.74, 6) is 0.746. The van der Waals surface area contributed by atoms with Crippen molar-refractivity contribution in [2.24, 2.45) is 11.3 Å². The normalized spacial score (nSPS) is 22.4. The quantitative estimate of drug-likeness (QED) is 0.675. The van der Waals surface area contributed by atoms with Gasteiger partial charge in [0, 0.05) is 31.5 Å². The summed E-state index contributed by atoms with van der Waals surface area (Å²) in [4.78, 5) is 13.7. The molecule has 1 saturated heterocycles. The lowest BCUT2D eigenvalue weighted by Crippen LogP contribution is -2.39. The summed E-state index contributed by atoms with van der Waals surface area (Å²) in [6.07, 6.45) is 1.09. The highest BCUT2D eigenvalue weighted by molar-refractivity contribution is 5.81. The van der Waals surface area contributed by atoms with Crippen molar-refractivity contribution >= 4 is 5.91 Å². The van der Waals surface area contributed by atoms with Gasteiger partial charge in [-0.3, -0.25) is 4.79 Å². The Kier molecular flexibility index (Phi) is 3.53. The fraction of sp³-hybridized carbons (Fsp3) is 0.909. The van der Waals surface area contributed by atoms with E-state index in [-0.39, 0.29) is 11.3 Å². The van der Waals surface area contributed by atoms with Crippen LogP contribution in [0.1, 0.15) is 27.2 Å². The predicted octanol–water partition coefficient (Wildman–Crippen LogP) is 1.53. The van der Waals surface area contributed by atoms with Gasteiger partial charge >= 0.3 is 0 Å². The summed E-state index contributed by atoms with van der Waals surface area (Å²) in [5, 5.41) is 0. The molecule has 0 aliphatic carbocycles.